The van der Waals surface area contributed by atoms with E-state index in [1.165, 1.54) is 52.2 Å². The van der Waals surface area contributed by atoms with Crippen molar-refractivity contribution in [2.24, 2.45) is 0 Å². The number of nitrogens with one attached hydrogen (secondary N) is 1. The monoisotopic (exact) mass is 861 g/mol. The molecule has 4 aromatic carbocycles. The molecule has 10 rings (SSSR count). The van der Waals surface area contributed by atoms with Gasteiger partial charge in [-0.2, -0.15) is 0 Å². The van der Waals surface area contributed by atoms with Crippen molar-refractivity contribution < 1.29 is 8.83 Å². The van der Waals surface area contributed by atoms with Crippen molar-refractivity contribution in [3.63, 3.8) is 0 Å². The lowest BCUT2D eigenvalue weighted by molar-refractivity contribution is 0.521. The van der Waals surface area contributed by atoms with Crippen molar-refractivity contribution in [1.82, 2.24) is 15.0 Å². The van der Waals surface area contributed by atoms with E-state index in [0.29, 0.717) is 29.6 Å². The summed E-state index contributed by atoms with van der Waals surface area (Å²) in [6.45, 7) is 25.9. The standard InChI is InChI=1S/C11H13NO.C11H13NS.C11H13N.C11H12O.C11H12S/c1-7(2)11-6-9-10(13-11)5-4-8(3)12-9;1-7(2)11-12-9-5-4-8(3)6-10(9)13-11;3*1-8(2)11-7-9-5-3-4-6-10(9)12-11/h2*4-7H,1-3H3;3-8,12H,1-2H3;2*3-8H,1-2H3. The molecule has 0 atom stereocenters. The van der Waals surface area contributed by atoms with Gasteiger partial charge in [0.05, 0.1) is 15.2 Å². The van der Waals surface area contributed by atoms with Crippen LogP contribution in [-0.2, 0) is 0 Å². The predicted octanol–water partition coefficient (Wildman–Crippen LogP) is 17.9. The van der Waals surface area contributed by atoms with Crippen molar-refractivity contribution in [2.45, 2.75) is 113 Å². The molecule has 0 fully saturated rings. The third kappa shape index (κ3) is 12.1. The average Bonchev–Trinajstić information content (AvgIpc) is 4.09. The number of nitrogens with zero attached hydrogens (tertiary/aromatic N) is 2. The van der Waals surface area contributed by atoms with Gasteiger partial charge in [0, 0.05) is 55.7 Å². The number of aryl methyl sites for hydroxylation is 2. The third-order valence-electron chi connectivity index (χ3n) is 10.4. The minimum atomic E-state index is 0.425. The number of fused-ring (bicyclic) bond motifs is 5. The highest BCUT2D eigenvalue weighted by Gasteiger charge is 2.09. The maximum Gasteiger partial charge on any atom is 0.152 e. The number of rotatable bonds is 5. The second-order valence-corrected chi connectivity index (χ2v) is 19.6. The molecule has 6 heterocycles. The van der Waals surface area contributed by atoms with Crippen molar-refractivity contribution in [3.05, 3.63) is 166 Å². The zero-order valence-corrected chi connectivity index (χ0v) is 40.2. The molecule has 0 amide bonds. The smallest absolute Gasteiger partial charge is 0.152 e. The van der Waals surface area contributed by atoms with Gasteiger partial charge in [-0.05, 0) is 103 Å². The molecule has 62 heavy (non-hydrogen) atoms. The first-order chi connectivity index (χ1) is 29.6. The molecule has 0 bridgehead atoms. The fraction of sp³-hybridized carbons (Fsp3) is 0.309. The second-order valence-electron chi connectivity index (χ2n) is 17.5. The summed E-state index contributed by atoms with van der Waals surface area (Å²) in [6, 6.07) is 44.1. The Morgan fingerprint density at radius 3 is 1.76 bits per heavy atom. The molecule has 0 aliphatic rings. The Labute approximate surface area is 376 Å². The zero-order chi connectivity index (χ0) is 44.5. The molecule has 322 valence electrons. The van der Waals surface area contributed by atoms with Gasteiger partial charge in [-0.15, -0.1) is 22.7 Å². The van der Waals surface area contributed by atoms with E-state index in [0.717, 1.165) is 39.4 Å². The Morgan fingerprint density at radius 2 is 1.11 bits per heavy atom. The number of thiazole rings is 1. The summed E-state index contributed by atoms with van der Waals surface area (Å²) >= 11 is 3.71. The number of furan rings is 2. The van der Waals surface area contributed by atoms with Gasteiger partial charge >= 0.3 is 0 Å². The fourth-order valence-electron chi connectivity index (χ4n) is 6.61. The number of pyridine rings is 1. The Balaban J connectivity index is 0.000000129. The van der Waals surface area contributed by atoms with E-state index in [-0.39, 0.29) is 0 Å². The molecule has 6 aromatic heterocycles. The van der Waals surface area contributed by atoms with Gasteiger partial charge in [0.25, 0.3) is 0 Å². The van der Waals surface area contributed by atoms with Crippen LogP contribution in [-0.4, -0.2) is 15.0 Å². The first kappa shape index (κ1) is 46.0. The molecule has 1 N–H and O–H groups in total. The number of hydrogen-bond donors (Lipinski definition) is 1. The van der Waals surface area contributed by atoms with Gasteiger partial charge in [-0.3, -0.25) is 0 Å². The van der Waals surface area contributed by atoms with Gasteiger partial charge in [0.15, 0.2) is 5.58 Å². The summed E-state index contributed by atoms with van der Waals surface area (Å²) in [5.74, 6) is 4.74. The van der Waals surface area contributed by atoms with Crippen LogP contribution in [0.1, 0.15) is 137 Å². The first-order valence-corrected chi connectivity index (χ1v) is 23.6. The number of thiophene rings is 1. The normalized spacial score (nSPS) is 11.3. The highest BCUT2D eigenvalue weighted by Crippen LogP contribution is 2.31. The Kier molecular flexibility index (Phi) is 15.6. The lowest BCUT2D eigenvalue weighted by Gasteiger charge is -1.97. The number of aromatic amines is 1. The SMILES string of the molecule is CC(C)c1cc2ccccc2[nH]1.CC(C)c1cc2ccccc2o1.CC(C)c1cc2ccccc2s1.Cc1ccc2nc(C(C)C)sc2c1.Cc1ccc2oc(C(C)C)cc2n1. The van der Waals surface area contributed by atoms with Crippen LogP contribution in [0.5, 0.6) is 0 Å². The molecule has 0 unspecified atom stereocenters. The molecule has 0 radical (unpaired) electrons. The lowest BCUT2D eigenvalue weighted by atomic mass is 10.1. The number of aromatic nitrogens is 3. The molecule has 0 aliphatic carbocycles. The highest BCUT2D eigenvalue weighted by atomic mass is 32.1. The number of benzene rings is 4. The molecular formula is C55H63N3O2S2. The Morgan fingerprint density at radius 1 is 0.468 bits per heavy atom. The molecule has 5 nitrogen and oxygen atoms in total. The first-order valence-electron chi connectivity index (χ1n) is 21.9. The van der Waals surface area contributed by atoms with Crippen LogP contribution in [0.4, 0.5) is 0 Å². The van der Waals surface area contributed by atoms with Gasteiger partial charge < -0.3 is 13.8 Å². The summed E-state index contributed by atoms with van der Waals surface area (Å²) in [7, 11) is 0. The summed E-state index contributed by atoms with van der Waals surface area (Å²) in [5.41, 5.74) is 8.87. The molecule has 0 saturated carbocycles. The topological polar surface area (TPSA) is 67.8 Å². The third-order valence-corrected chi connectivity index (χ3v) is 13.1. The van der Waals surface area contributed by atoms with Crippen molar-refractivity contribution in [1.29, 1.82) is 0 Å². The lowest BCUT2D eigenvalue weighted by Crippen LogP contribution is -1.84. The Bertz CT molecular complexity index is 2580. The van der Waals surface area contributed by atoms with Gasteiger partial charge in [0.2, 0.25) is 0 Å². The van der Waals surface area contributed by atoms with E-state index in [1.807, 2.05) is 66.0 Å². The Hall–Kier alpha value is -5.50. The van der Waals surface area contributed by atoms with Crippen LogP contribution < -0.4 is 0 Å². The fourth-order valence-corrected chi connectivity index (χ4v) is 8.74. The van der Waals surface area contributed by atoms with Gasteiger partial charge in [-0.25, -0.2) is 9.97 Å². The van der Waals surface area contributed by atoms with Crippen LogP contribution in [0.3, 0.4) is 0 Å². The predicted molar refractivity (Wildman–Crippen MR) is 270 cm³/mol. The zero-order valence-electron chi connectivity index (χ0n) is 38.5. The minimum absolute atomic E-state index is 0.425. The summed E-state index contributed by atoms with van der Waals surface area (Å²) in [4.78, 5) is 13.8. The van der Waals surface area contributed by atoms with E-state index in [1.54, 1.807) is 0 Å². The van der Waals surface area contributed by atoms with Crippen LogP contribution >= 0.6 is 22.7 Å². The summed E-state index contributed by atoms with van der Waals surface area (Å²) in [5, 5.41) is 5.12. The van der Waals surface area contributed by atoms with E-state index < -0.39 is 0 Å². The van der Waals surface area contributed by atoms with Crippen LogP contribution in [0.15, 0.2) is 136 Å². The quantitative estimate of drug-likeness (QED) is 0.187. The van der Waals surface area contributed by atoms with Crippen LogP contribution in [0, 0.1) is 13.8 Å². The molecule has 0 spiro atoms. The summed E-state index contributed by atoms with van der Waals surface area (Å²) in [6.07, 6.45) is 0. The molecule has 0 saturated heterocycles. The van der Waals surface area contributed by atoms with Crippen LogP contribution in [0.25, 0.3) is 53.3 Å². The maximum absolute atomic E-state index is 5.63. The maximum atomic E-state index is 5.63. The molecule has 7 heteroatoms. The minimum Gasteiger partial charge on any atom is -0.461 e. The summed E-state index contributed by atoms with van der Waals surface area (Å²) < 4.78 is 14.0. The van der Waals surface area contributed by atoms with Crippen LogP contribution in [0.2, 0.25) is 0 Å². The highest BCUT2D eigenvalue weighted by molar-refractivity contribution is 7.19. The average molecular weight is 862 g/mol. The van der Waals surface area contributed by atoms with E-state index in [2.05, 4.69) is 182 Å². The molecule has 0 aliphatic heterocycles. The van der Waals surface area contributed by atoms with Gasteiger partial charge in [-0.1, -0.05) is 130 Å². The van der Waals surface area contributed by atoms with E-state index >= 15 is 0 Å². The van der Waals surface area contributed by atoms with Crippen molar-refractivity contribution >= 4 is 75.9 Å². The largest absolute Gasteiger partial charge is 0.461 e. The van der Waals surface area contributed by atoms with Gasteiger partial charge in [0.1, 0.15) is 22.6 Å². The van der Waals surface area contributed by atoms with Crippen molar-refractivity contribution in [2.75, 3.05) is 0 Å². The number of para-hydroxylation sites is 2. The van der Waals surface area contributed by atoms with E-state index in [4.69, 9.17) is 8.83 Å². The molecular weight excluding hydrogens is 799 g/mol. The second kappa shape index (κ2) is 21.0. The van der Waals surface area contributed by atoms with E-state index in [9.17, 15) is 0 Å². The van der Waals surface area contributed by atoms with Crippen molar-refractivity contribution in [3.8, 4) is 0 Å². The molecule has 10 aromatic rings. The number of H-pyrrole nitrogens is 1. The number of hydrogen-bond acceptors (Lipinski definition) is 6.